The Morgan fingerprint density at radius 1 is 0.966 bits per heavy atom. The molecule has 1 aliphatic heterocycles. The van der Waals surface area contributed by atoms with Crippen molar-refractivity contribution in [3.05, 3.63) is 41.5 Å². The van der Waals surface area contributed by atoms with Crippen LogP contribution in [0, 0.1) is 0 Å². The molecular formula is C21H25N7S. The molecule has 3 aromatic rings. The average Bonchev–Trinajstić information content (AvgIpc) is 3.38. The molecule has 1 fully saturated rings. The second-order valence-corrected chi connectivity index (χ2v) is 8.27. The van der Waals surface area contributed by atoms with Crippen LogP contribution in [0.5, 0.6) is 0 Å². The van der Waals surface area contributed by atoms with E-state index in [2.05, 4.69) is 31.1 Å². The highest BCUT2D eigenvalue weighted by Crippen LogP contribution is 2.32. The standard InChI is InChI=1S/C21H25N7S/c1-2-18-24-21(29-26-18)28-12-6-11-27(13-14-28)20-15-7-5-9-16(15)23-19(25-20)17-8-3-4-10-22-17/h3-4,8,10H,2,5-7,9,11-14H2,1H3. The van der Waals surface area contributed by atoms with Crippen molar-refractivity contribution in [1.29, 1.82) is 0 Å². The Morgan fingerprint density at radius 2 is 1.86 bits per heavy atom. The van der Waals surface area contributed by atoms with Gasteiger partial charge in [0, 0.05) is 61.6 Å². The second kappa shape index (κ2) is 8.02. The molecule has 8 heteroatoms. The van der Waals surface area contributed by atoms with E-state index in [0.717, 1.165) is 86.6 Å². The quantitative estimate of drug-likeness (QED) is 0.658. The molecule has 2 aliphatic rings. The number of aryl methyl sites for hydroxylation is 2. The fourth-order valence-corrected chi connectivity index (χ4v) is 4.92. The molecule has 0 bridgehead atoms. The van der Waals surface area contributed by atoms with Gasteiger partial charge in [0.2, 0.25) is 5.13 Å². The van der Waals surface area contributed by atoms with E-state index < -0.39 is 0 Å². The van der Waals surface area contributed by atoms with E-state index in [1.54, 1.807) is 0 Å². The maximum atomic E-state index is 5.00. The van der Waals surface area contributed by atoms with Crippen molar-refractivity contribution >= 4 is 22.5 Å². The van der Waals surface area contributed by atoms with E-state index in [-0.39, 0.29) is 0 Å². The van der Waals surface area contributed by atoms with E-state index in [1.807, 2.05) is 24.4 Å². The summed E-state index contributed by atoms with van der Waals surface area (Å²) in [5.74, 6) is 2.81. The fraction of sp³-hybridized carbons (Fsp3) is 0.476. The van der Waals surface area contributed by atoms with E-state index >= 15 is 0 Å². The molecule has 4 heterocycles. The number of nitrogens with zero attached hydrogens (tertiary/aromatic N) is 7. The number of aromatic nitrogens is 5. The minimum atomic E-state index is 0.749. The zero-order valence-electron chi connectivity index (χ0n) is 16.7. The molecule has 7 nitrogen and oxygen atoms in total. The van der Waals surface area contributed by atoms with Crippen molar-refractivity contribution in [3.63, 3.8) is 0 Å². The summed E-state index contributed by atoms with van der Waals surface area (Å²) < 4.78 is 4.46. The Morgan fingerprint density at radius 3 is 2.69 bits per heavy atom. The van der Waals surface area contributed by atoms with Gasteiger partial charge in [-0.1, -0.05) is 13.0 Å². The van der Waals surface area contributed by atoms with Crippen LogP contribution in [0.1, 0.15) is 36.8 Å². The Bertz CT molecular complexity index is 988. The van der Waals surface area contributed by atoms with Gasteiger partial charge in [0.25, 0.3) is 0 Å². The predicted molar refractivity (Wildman–Crippen MR) is 116 cm³/mol. The summed E-state index contributed by atoms with van der Waals surface area (Å²) in [4.78, 5) is 23.8. The van der Waals surface area contributed by atoms with Crippen LogP contribution in [0.25, 0.3) is 11.5 Å². The number of pyridine rings is 1. The first-order chi connectivity index (χ1) is 14.3. The lowest BCUT2D eigenvalue weighted by molar-refractivity contribution is 0.788. The first kappa shape index (κ1) is 18.4. The first-order valence-electron chi connectivity index (χ1n) is 10.5. The van der Waals surface area contributed by atoms with Crippen molar-refractivity contribution in [2.75, 3.05) is 36.0 Å². The molecule has 0 unspecified atom stereocenters. The third-order valence-corrected chi connectivity index (χ3v) is 6.46. The molecule has 0 radical (unpaired) electrons. The topological polar surface area (TPSA) is 70.9 Å². The number of fused-ring (bicyclic) bond motifs is 1. The highest BCUT2D eigenvalue weighted by molar-refractivity contribution is 7.09. The minimum Gasteiger partial charge on any atom is -0.354 e. The maximum Gasteiger partial charge on any atom is 0.205 e. The normalized spacial score (nSPS) is 16.7. The molecule has 0 saturated carbocycles. The van der Waals surface area contributed by atoms with Crippen LogP contribution in [0.15, 0.2) is 24.4 Å². The molecule has 1 saturated heterocycles. The lowest BCUT2D eigenvalue weighted by Gasteiger charge is -2.25. The van der Waals surface area contributed by atoms with Gasteiger partial charge in [0.15, 0.2) is 5.82 Å². The monoisotopic (exact) mass is 407 g/mol. The summed E-state index contributed by atoms with van der Waals surface area (Å²) in [7, 11) is 0. The lowest BCUT2D eigenvalue weighted by atomic mass is 10.2. The number of rotatable bonds is 4. The molecule has 29 heavy (non-hydrogen) atoms. The molecule has 0 amide bonds. The van der Waals surface area contributed by atoms with Crippen LogP contribution < -0.4 is 9.80 Å². The largest absolute Gasteiger partial charge is 0.354 e. The molecule has 5 rings (SSSR count). The number of hydrogen-bond donors (Lipinski definition) is 0. The van der Waals surface area contributed by atoms with Gasteiger partial charge in [-0.2, -0.15) is 4.37 Å². The molecule has 0 aromatic carbocycles. The summed E-state index contributed by atoms with van der Waals surface area (Å²) in [6, 6.07) is 5.92. The van der Waals surface area contributed by atoms with Crippen molar-refractivity contribution in [2.45, 2.75) is 39.0 Å². The predicted octanol–water partition coefficient (Wildman–Crippen LogP) is 3.16. The molecule has 3 aromatic heterocycles. The Balaban J connectivity index is 1.42. The zero-order valence-corrected chi connectivity index (χ0v) is 17.5. The van der Waals surface area contributed by atoms with Gasteiger partial charge in [-0.3, -0.25) is 4.98 Å². The third-order valence-electron chi connectivity index (χ3n) is 5.64. The second-order valence-electron chi connectivity index (χ2n) is 7.54. The summed E-state index contributed by atoms with van der Waals surface area (Å²) in [6.07, 6.45) is 7.05. The summed E-state index contributed by atoms with van der Waals surface area (Å²) >= 11 is 1.52. The van der Waals surface area contributed by atoms with Crippen molar-refractivity contribution in [2.24, 2.45) is 0 Å². The summed E-state index contributed by atoms with van der Waals surface area (Å²) in [6.45, 7) is 5.99. The Hall–Kier alpha value is -2.61. The van der Waals surface area contributed by atoms with Gasteiger partial charge >= 0.3 is 0 Å². The SMILES string of the molecule is CCc1nsc(N2CCCN(c3nc(-c4ccccn4)nc4c3CCC4)CC2)n1. The molecular weight excluding hydrogens is 382 g/mol. The van der Waals surface area contributed by atoms with Gasteiger partial charge in [-0.05, 0) is 37.8 Å². The number of hydrogen-bond acceptors (Lipinski definition) is 8. The van der Waals surface area contributed by atoms with E-state index in [4.69, 9.17) is 9.97 Å². The zero-order chi connectivity index (χ0) is 19.6. The maximum absolute atomic E-state index is 5.00. The first-order valence-corrected chi connectivity index (χ1v) is 11.2. The fourth-order valence-electron chi connectivity index (χ4n) is 4.12. The van der Waals surface area contributed by atoms with Gasteiger partial charge < -0.3 is 9.80 Å². The third kappa shape index (κ3) is 3.69. The van der Waals surface area contributed by atoms with Crippen LogP contribution in [0.3, 0.4) is 0 Å². The summed E-state index contributed by atoms with van der Waals surface area (Å²) in [5.41, 5.74) is 3.39. The van der Waals surface area contributed by atoms with Crippen LogP contribution >= 0.6 is 11.5 Å². The van der Waals surface area contributed by atoms with Gasteiger partial charge in [-0.25, -0.2) is 15.0 Å². The Labute approximate surface area is 175 Å². The molecule has 0 atom stereocenters. The lowest BCUT2D eigenvalue weighted by Crippen LogP contribution is -2.32. The van der Waals surface area contributed by atoms with Crippen LogP contribution in [0.2, 0.25) is 0 Å². The van der Waals surface area contributed by atoms with Crippen molar-refractivity contribution < 1.29 is 0 Å². The highest BCUT2D eigenvalue weighted by Gasteiger charge is 2.26. The molecule has 0 N–H and O–H groups in total. The highest BCUT2D eigenvalue weighted by atomic mass is 32.1. The van der Waals surface area contributed by atoms with Crippen LogP contribution in [0.4, 0.5) is 10.9 Å². The van der Waals surface area contributed by atoms with Gasteiger partial charge in [-0.15, -0.1) is 0 Å². The number of anilines is 2. The van der Waals surface area contributed by atoms with Crippen LogP contribution in [-0.2, 0) is 19.3 Å². The Kier molecular flexibility index (Phi) is 5.10. The van der Waals surface area contributed by atoms with Crippen molar-refractivity contribution in [3.8, 4) is 11.5 Å². The van der Waals surface area contributed by atoms with Crippen molar-refractivity contribution in [1.82, 2.24) is 24.3 Å². The van der Waals surface area contributed by atoms with E-state index in [1.165, 1.54) is 22.8 Å². The molecule has 0 spiro atoms. The van der Waals surface area contributed by atoms with E-state index in [9.17, 15) is 0 Å². The summed E-state index contributed by atoms with van der Waals surface area (Å²) in [5, 5.41) is 1.05. The van der Waals surface area contributed by atoms with Gasteiger partial charge in [0.1, 0.15) is 17.3 Å². The molecule has 1 aliphatic carbocycles. The van der Waals surface area contributed by atoms with Crippen LogP contribution in [-0.4, -0.2) is 50.5 Å². The molecule has 150 valence electrons. The average molecular weight is 408 g/mol. The van der Waals surface area contributed by atoms with E-state index in [0.29, 0.717) is 0 Å². The smallest absolute Gasteiger partial charge is 0.205 e. The minimum absolute atomic E-state index is 0.749. The van der Waals surface area contributed by atoms with Gasteiger partial charge in [0.05, 0.1) is 0 Å².